The van der Waals surface area contributed by atoms with Gasteiger partial charge in [0.2, 0.25) is 5.91 Å². The molecule has 1 fully saturated rings. The molecule has 18 heavy (non-hydrogen) atoms. The maximum atomic E-state index is 12.0. The van der Waals surface area contributed by atoms with E-state index in [-0.39, 0.29) is 18.0 Å². The largest absolute Gasteiger partial charge is 0.444 e. The number of piperazine rings is 1. The lowest BCUT2D eigenvalue weighted by Crippen LogP contribution is -2.56. The van der Waals surface area contributed by atoms with E-state index in [1.54, 1.807) is 11.8 Å². The van der Waals surface area contributed by atoms with Crippen LogP contribution in [0.25, 0.3) is 0 Å². The fraction of sp³-hybridized carbons (Fsp3) is 0.846. The minimum atomic E-state index is -0.476. The minimum Gasteiger partial charge on any atom is -0.444 e. The number of ether oxygens (including phenoxy) is 1. The SMILES string of the molecule is CC[C@H]1CN(C(=O)OC(C)(C)C)CCN1C(C)=O. The van der Waals surface area contributed by atoms with E-state index >= 15 is 0 Å². The van der Waals surface area contributed by atoms with Crippen LogP contribution < -0.4 is 0 Å². The number of hydrogen-bond donors (Lipinski definition) is 0. The van der Waals surface area contributed by atoms with E-state index in [1.807, 2.05) is 32.6 Å². The number of amides is 2. The molecule has 0 aromatic rings. The van der Waals surface area contributed by atoms with Crippen molar-refractivity contribution in [3.63, 3.8) is 0 Å². The van der Waals surface area contributed by atoms with Crippen molar-refractivity contribution in [2.24, 2.45) is 0 Å². The standard InChI is InChI=1S/C13H24N2O3/c1-6-11-9-14(7-8-15(11)10(2)16)12(17)18-13(3,4)5/h11H,6-9H2,1-5H3/t11-/m0/s1. The molecule has 0 aromatic heterocycles. The molecular formula is C13H24N2O3. The zero-order chi connectivity index (χ0) is 13.9. The summed E-state index contributed by atoms with van der Waals surface area (Å²) >= 11 is 0. The molecule has 0 spiro atoms. The highest BCUT2D eigenvalue weighted by Gasteiger charge is 2.31. The van der Waals surface area contributed by atoms with Gasteiger partial charge in [-0.1, -0.05) is 6.92 Å². The van der Waals surface area contributed by atoms with Crippen molar-refractivity contribution in [2.75, 3.05) is 19.6 Å². The van der Waals surface area contributed by atoms with E-state index in [0.717, 1.165) is 6.42 Å². The van der Waals surface area contributed by atoms with Crippen LogP contribution in [0.1, 0.15) is 41.0 Å². The molecule has 0 radical (unpaired) electrons. The number of rotatable bonds is 1. The van der Waals surface area contributed by atoms with Crippen LogP contribution in [0.3, 0.4) is 0 Å². The van der Waals surface area contributed by atoms with Gasteiger partial charge in [0.1, 0.15) is 5.60 Å². The molecule has 0 aliphatic carbocycles. The summed E-state index contributed by atoms with van der Waals surface area (Å²) in [6.07, 6.45) is 0.558. The first-order valence-corrected chi connectivity index (χ1v) is 6.49. The summed E-state index contributed by atoms with van der Waals surface area (Å²) in [4.78, 5) is 26.9. The average molecular weight is 256 g/mol. The van der Waals surface area contributed by atoms with Gasteiger partial charge in [-0.2, -0.15) is 0 Å². The Labute approximate surface area is 109 Å². The first kappa shape index (κ1) is 14.8. The molecule has 2 amide bonds. The van der Waals surface area contributed by atoms with Gasteiger partial charge in [-0.3, -0.25) is 4.79 Å². The maximum absolute atomic E-state index is 12.0. The predicted octanol–water partition coefficient (Wildman–Crippen LogP) is 1.86. The summed E-state index contributed by atoms with van der Waals surface area (Å²) in [5.41, 5.74) is -0.476. The Bertz CT molecular complexity index is 323. The van der Waals surface area contributed by atoms with Gasteiger partial charge >= 0.3 is 6.09 Å². The van der Waals surface area contributed by atoms with Gasteiger partial charge < -0.3 is 14.5 Å². The van der Waals surface area contributed by atoms with Crippen LogP contribution in [0.4, 0.5) is 4.79 Å². The Balaban J connectivity index is 2.62. The Morgan fingerprint density at radius 3 is 2.33 bits per heavy atom. The lowest BCUT2D eigenvalue weighted by atomic mass is 10.1. The molecule has 5 heteroatoms. The van der Waals surface area contributed by atoms with Crippen LogP contribution in [0.2, 0.25) is 0 Å². The molecule has 1 aliphatic heterocycles. The summed E-state index contributed by atoms with van der Waals surface area (Å²) in [6.45, 7) is 10.9. The van der Waals surface area contributed by atoms with Gasteiger partial charge in [0.05, 0.1) is 0 Å². The van der Waals surface area contributed by atoms with Crippen LogP contribution in [-0.4, -0.2) is 53.1 Å². The van der Waals surface area contributed by atoms with Gasteiger partial charge in [0, 0.05) is 32.6 Å². The molecule has 0 bridgehead atoms. The van der Waals surface area contributed by atoms with Crippen molar-refractivity contribution in [1.82, 2.24) is 9.80 Å². The number of carbonyl (C=O) groups is 2. The Morgan fingerprint density at radius 1 is 1.28 bits per heavy atom. The quantitative estimate of drug-likeness (QED) is 0.719. The summed E-state index contributed by atoms with van der Waals surface area (Å²) in [6, 6.07) is 0.101. The lowest BCUT2D eigenvalue weighted by molar-refractivity contribution is -0.133. The molecular weight excluding hydrogens is 232 g/mol. The monoisotopic (exact) mass is 256 g/mol. The summed E-state index contributed by atoms with van der Waals surface area (Å²) in [7, 11) is 0. The number of hydrogen-bond acceptors (Lipinski definition) is 3. The summed E-state index contributed by atoms with van der Waals surface area (Å²) < 4.78 is 5.35. The van der Waals surface area contributed by atoms with Crippen molar-refractivity contribution in [2.45, 2.75) is 52.7 Å². The van der Waals surface area contributed by atoms with Gasteiger partial charge in [-0.05, 0) is 27.2 Å². The average Bonchev–Trinajstić information content (AvgIpc) is 2.25. The van der Waals surface area contributed by atoms with Crippen molar-refractivity contribution >= 4 is 12.0 Å². The fourth-order valence-corrected chi connectivity index (χ4v) is 2.11. The van der Waals surface area contributed by atoms with E-state index in [0.29, 0.717) is 19.6 Å². The summed E-state index contributed by atoms with van der Waals surface area (Å²) in [5.74, 6) is 0.0747. The van der Waals surface area contributed by atoms with Crippen molar-refractivity contribution in [3.8, 4) is 0 Å². The molecule has 1 aliphatic rings. The lowest BCUT2D eigenvalue weighted by Gasteiger charge is -2.41. The van der Waals surface area contributed by atoms with Crippen molar-refractivity contribution < 1.29 is 14.3 Å². The third-order valence-electron chi connectivity index (χ3n) is 3.01. The first-order valence-electron chi connectivity index (χ1n) is 6.49. The van der Waals surface area contributed by atoms with E-state index < -0.39 is 5.60 Å². The van der Waals surface area contributed by atoms with Crippen LogP contribution in [-0.2, 0) is 9.53 Å². The van der Waals surface area contributed by atoms with Crippen LogP contribution >= 0.6 is 0 Å². The van der Waals surface area contributed by atoms with E-state index in [2.05, 4.69) is 0 Å². The normalized spacial score (nSPS) is 20.8. The molecule has 5 nitrogen and oxygen atoms in total. The molecule has 0 N–H and O–H groups in total. The van der Waals surface area contributed by atoms with E-state index in [1.165, 1.54) is 0 Å². The predicted molar refractivity (Wildman–Crippen MR) is 69.3 cm³/mol. The van der Waals surface area contributed by atoms with Gasteiger partial charge in [0.15, 0.2) is 0 Å². The fourth-order valence-electron chi connectivity index (χ4n) is 2.11. The van der Waals surface area contributed by atoms with Crippen molar-refractivity contribution in [1.29, 1.82) is 0 Å². The third-order valence-corrected chi connectivity index (χ3v) is 3.01. The maximum Gasteiger partial charge on any atom is 0.410 e. The van der Waals surface area contributed by atoms with E-state index in [4.69, 9.17) is 4.74 Å². The molecule has 0 aromatic carbocycles. The second kappa shape index (κ2) is 5.59. The van der Waals surface area contributed by atoms with Crippen LogP contribution in [0, 0.1) is 0 Å². The zero-order valence-electron chi connectivity index (χ0n) is 12.0. The molecule has 0 unspecified atom stereocenters. The van der Waals surface area contributed by atoms with E-state index in [9.17, 15) is 9.59 Å². The van der Waals surface area contributed by atoms with Crippen LogP contribution in [0.5, 0.6) is 0 Å². The van der Waals surface area contributed by atoms with Crippen LogP contribution in [0.15, 0.2) is 0 Å². The zero-order valence-corrected chi connectivity index (χ0v) is 12.0. The first-order chi connectivity index (χ1) is 8.24. The molecule has 0 saturated carbocycles. The van der Waals surface area contributed by atoms with Crippen molar-refractivity contribution in [3.05, 3.63) is 0 Å². The van der Waals surface area contributed by atoms with Gasteiger partial charge in [-0.25, -0.2) is 4.79 Å². The highest BCUT2D eigenvalue weighted by Crippen LogP contribution is 2.16. The summed E-state index contributed by atoms with van der Waals surface area (Å²) in [5, 5.41) is 0. The number of nitrogens with zero attached hydrogens (tertiary/aromatic N) is 2. The Hall–Kier alpha value is -1.26. The topological polar surface area (TPSA) is 49.9 Å². The highest BCUT2D eigenvalue weighted by atomic mass is 16.6. The highest BCUT2D eigenvalue weighted by molar-refractivity contribution is 5.74. The van der Waals surface area contributed by atoms with Gasteiger partial charge in [0.25, 0.3) is 0 Å². The molecule has 1 rings (SSSR count). The smallest absolute Gasteiger partial charge is 0.410 e. The Kier molecular flexibility index (Phi) is 4.59. The molecule has 1 heterocycles. The second-order valence-electron chi connectivity index (χ2n) is 5.70. The minimum absolute atomic E-state index is 0.0747. The molecule has 104 valence electrons. The third kappa shape index (κ3) is 3.89. The molecule has 1 atom stereocenters. The second-order valence-corrected chi connectivity index (χ2v) is 5.70. The molecule has 1 saturated heterocycles. The van der Waals surface area contributed by atoms with Gasteiger partial charge in [-0.15, -0.1) is 0 Å². The Morgan fingerprint density at radius 2 is 1.89 bits per heavy atom. The number of carbonyl (C=O) groups excluding carboxylic acids is 2.